The summed E-state index contributed by atoms with van der Waals surface area (Å²) in [7, 11) is 0. The zero-order valence-corrected chi connectivity index (χ0v) is 17.5. The first-order chi connectivity index (χ1) is 13.4. The van der Waals surface area contributed by atoms with E-state index in [9.17, 15) is 4.79 Å². The molecule has 1 atom stereocenters. The molecule has 0 fully saturated rings. The number of H-pyrrole nitrogens is 1. The van der Waals surface area contributed by atoms with Gasteiger partial charge in [-0.25, -0.2) is 4.79 Å². The van der Waals surface area contributed by atoms with Crippen molar-refractivity contribution in [3.63, 3.8) is 0 Å². The summed E-state index contributed by atoms with van der Waals surface area (Å²) < 4.78 is 5.71. The molecule has 1 aromatic carbocycles. The highest BCUT2D eigenvalue weighted by Crippen LogP contribution is 2.25. The molecule has 0 aliphatic rings. The fourth-order valence-corrected chi connectivity index (χ4v) is 3.41. The van der Waals surface area contributed by atoms with Crippen LogP contribution >= 0.6 is 0 Å². The maximum Gasteiger partial charge on any atom is 0.341 e. The third kappa shape index (κ3) is 5.02. The molecule has 150 valence electrons. The summed E-state index contributed by atoms with van der Waals surface area (Å²) >= 11 is 0. The molecule has 28 heavy (non-hydrogen) atoms. The fourth-order valence-electron chi connectivity index (χ4n) is 3.41. The number of carbonyl (C=O) groups is 1. The van der Waals surface area contributed by atoms with Crippen LogP contribution < -0.4 is 0 Å². The second-order valence-corrected chi connectivity index (χ2v) is 6.94. The number of benzene rings is 1. The summed E-state index contributed by atoms with van der Waals surface area (Å²) in [6.07, 6.45) is 5.72. The Kier molecular flexibility index (Phi) is 7.82. The maximum absolute atomic E-state index is 12.9. The maximum atomic E-state index is 12.9. The molecular weight excluding hydrogens is 348 g/mol. The van der Waals surface area contributed by atoms with Gasteiger partial charge in [0.15, 0.2) is 0 Å². The van der Waals surface area contributed by atoms with Gasteiger partial charge in [-0.15, -0.1) is 0 Å². The molecule has 0 saturated heterocycles. The van der Waals surface area contributed by atoms with Crippen LogP contribution in [0.1, 0.15) is 42.4 Å². The number of hydrogen-bond acceptors (Lipinski definition) is 3. The lowest BCUT2D eigenvalue weighted by atomic mass is 10.1. The van der Waals surface area contributed by atoms with Crippen LogP contribution in [0.25, 0.3) is 10.9 Å². The standard InChI is InChI=1S/C24H32N2O2/c1-7-11-20(8-2)18(6)28-24(27)23-17(5)25-22-13-12-19(16-21(22)23)14-15-26(9-3)10-4/h7-8,11-13,16,18,25H,1-2,9-10,14-15H2,3-6H3/b20-11+. The van der Waals surface area contributed by atoms with Crippen LogP contribution in [0.2, 0.25) is 0 Å². The molecule has 0 spiro atoms. The average Bonchev–Trinajstić information content (AvgIpc) is 3.01. The predicted molar refractivity (Wildman–Crippen MR) is 118 cm³/mol. The van der Waals surface area contributed by atoms with Gasteiger partial charge in [0, 0.05) is 23.1 Å². The number of nitrogens with one attached hydrogen (secondary N) is 1. The molecule has 1 N–H and O–H groups in total. The van der Waals surface area contributed by atoms with Crippen LogP contribution in [0.3, 0.4) is 0 Å². The van der Waals surface area contributed by atoms with Gasteiger partial charge in [0.1, 0.15) is 6.10 Å². The number of aromatic amines is 1. The Bertz CT molecular complexity index is 872. The number of fused-ring (bicyclic) bond motifs is 1. The Morgan fingerprint density at radius 2 is 2.00 bits per heavy atom. The Morgan fingerprint density at radius 1 is 1.29 bits per heavy atom. The number of aryl methyl sites for hydroxylation is 1. The molecule has 0 radical (unpaired) electrons. The van der Waals surface area contributed by atoms with Gasteiger partial charge >= 0.3 is 5.97 Å². The molecule has 0 aliphatic carbocycles. The number of ether oxygens (including phenoxy) is 1. The average molecular weight is 381 g/mol. The number of likely N-dealkylation sites (N-methyl/N-ethyl adjacent to an activating group) is 1. The fraction of sp³-hybridized carbons (Fsp3) is 0.375. The van der Waals surface area contributed by atoms with E-state index in [2.05, 4.69) is 49.0 Å². The van der Waals surface area contributed by atoms with E-state index in [0.717, 1.165) is 48.2 Å². The summed E-state index contributed by atoms with van der Waals surface area (Å²) in [6, 6.07) is 6.28. The third-order valence-corrected chi connectivity index (χ3v) is 5.16. The van der Waals surface area contributed by atoms with Gasteiger partial charge in [-0.1, -0.05) is 51.3 Å². The second kappa shape index (κ2) is 10.1. The Hall–Kier alpha value is -2.59. The van der Waals surface area contributed by atoms with Crippen molar-refractivity contribution in [2.45, 2.75) is 40.2 Å². The van der Waals surface area contributed by atoms with Crippen LogP contribution in [0.4, 0.5) is 0 Å². The first-order valence-corrected chi connectivity index (χ1v) is 9.94. The Morgan fingerprint density at radius 3 is 2.61 bits per heavy atom. The largest absolute Gasteiger partial charge is 0.454 e. The number of hydrogen-bond donors (Lipinski definition) is 1. The van der Waals surface area contributed by atoms with Crippen LogP contribution in [0.5, 0.6) is 0 Å². The number of allylic oxidation sites excluding steroid dienone is 2. The van der Waals surface area contributed by atoms with E-state index in [0.29, 0.717) is 5.56 Å². The first-order valence-electron chi connectivity index (χ1n) is 9.94. The molecule has 4 nitrogen and oxygen atoms in total. The Labute approximate surface area is 168 Å². The van der Waals surface area contributed by atoms with Crippen LogP contribution in [0.15, 0.2) is 55.2 Å². The van der Waals surface area contributed by atoms with E-state index in [1.807, 2.05) is 19.9 Å². The summed E-state index contributed by atoms with van der Waals surface area (Å²) in [4.78, 5) is 18.6. The zero-order chi connectivity index (χ0) is 20.7. The molecule has 0 amide bonds. The molecular formula is C24H32N2O2. The van der Waals surface area contributed by atoms with E-state index in [-0.39, 0.29) is 5.97 Å². The zero-order valence-electron chi connectivity index (χ0n) is 17.5. The van der Waals surface area contributed by atoms with Gasteiger partial charge in [-0.05, 0) is 56.6 Å². The molecule has 4 heteroatoms. The molecule has 0 saturated carbocycles. The number of nitrogens with zero attached hydrogens (tertiary/aromatic N) is 1. The minimum atomic E-state index is -0.391. The minimum Gasteiger partial charge on any atom is -0.454 e. The summed E-state index contributed by atoms with van der Waals surface area (Å²) in [5.74, 6) is -0.325. The molecule has 1 heterocycles. The van der Waals surface area contributed by atoms with Gasteiger partial charge in [-0.3, -0.25) is 0 Å². The predicted octanol–water partition coefficient (Wildman–Crippen LogP) is 5.20. The van der Waals surface area contributed by atoms with E-state index in [1.54, 1.807) is 18.2 Å². The lowest BCUT2D eigenvalue weighted by Crippen LogP contribution is -2.25. The highest BCUT2D eigenvalue weighted by molar-refractivity contribution is 6.05. The molecule has 1 unspecified atom stereocenters. The van der Waals surface area contributed by atoms with E-state index in [4.69, 9.17) is 4.74 Å². The molecule has 0 bridgehead atoms. The van der Waals surface area contributed by atoms with Gasteiger partial charge in [0.25, 0.3) is 0 Å². The summed E-state index contributed by atoms with van der Waals surface area (Å²) in [6.45, 7) is 18.7. The topological polar surface area (TPSA) is 45.3 Å². The smallest absolute Gasteiger partial charge is 0.341 e. The van der Waals surface area contributed by atoms with Crippen LogP contribution in [-0.2, 0) is 11.2 Å². The highest BCUT2D eigenvalue weighted by Gasteiger charge is 2.21. The third-order valence-electron chi connectivity index (χ3n) is 5.16. The van der Waals surface area contributed by atoms with Crippen molar-refractivity contribution in [1.82, 2.24) is 9.88 Å². The minimum absolute atomic E-state index is 0.325. The van der Waals surface area contributed by atoms with Gasteiger partial charge in [-0.2, -0.15) is 0 Å². The Balaban J connectivity index is 2.28. The van der Waals surface area contributed by atoms with Crippen molar-refractivity contribution in [2.75, 3.05) is 19.6 Å². The van der Waals surface area contributed by atoms with Gasteiger partial charge in [0.2, 0.25) is 0 Å². The number of aromatic nitrogens is 1. The quantitative estimate of drug-likeness (QED) is 0.455. The number of esters is 1. The number of rotatable bonds is 10. The van der Waals surface area contributed by atoms with Crippen molar-refractivity contribution >= 4 is 16.9 Å². The second-order valence-electron chi connectivity index (χ2n) is 6.94. The summed E-state index contributed by atoms with van der Waals surface area (Å²) in [5.41, 5.74) is 4.42. The van der Waals surface area contributed by atoms with Gasteiger partial charge < -0.3 is 14.6 Å². The first kappa shape index (κ1) is 21.7. The lowest BCUT2D eigenvalue weighted by Gasteiger charge is -2.17. The molecule has 2 rings (SSSR count). The van der Waals surface area contributed by atoms with Gasteiger partial charge in [0.05, 0.1) is 5.56 Å². The normalized spacial score (nSPS) is 13.0. The molecule has 2 aromatic rings. The number of carbonyl (C=O) groups excluding carboxylic acids is 1. The van der Waals surface area contributed by atoms with Crippen molar-refractivity contribution < 1.29 is 9.53 Å². The van der Waals surface area contributed by atoms with Crippen molar-refractivity contribution in [2.24, 2.45) is 0 Å². The summed E-state index contributed by atoms with van der Waals surface area (Å²) in [5, 5.41) is 0.916. The van der Waals surface area contributed by atoms with E-state index >= 15 is 0 Å². The van der Waals surface area contributed by atoms with Crippen molar-refractivity contribution in [1.29, 1.82) is 0 Å². The van der Waals surface area contributed by atoms with Crippen LogP contribution in [0, 0.1) is 6.92 Å². The van der Waals surface area contributed by atoms with E-state index in [1.165, 1.54) is 5.56 Å². The molecule has 0 aliphatic heterocycles. The SMILES string of the molecule is C=C/C=C(\C=C)C(C)OC(=O)c1c(C)[nH]c2ccc(CCN(CC)CC)cc12. The van der Waals surface area contributed by atoms with Crippen molar-refractivity contribution in [3.05, 3.63) is 72.0 Å². The van der Waals surface area contributed by atoms with E-state index < -0.39 is 6.10 Å². The van der Waals surface area contributed by atoms with Crippen molar-refractivity contribution in [3.8, 4) is 0 Å². The monoisotopic (exact) mass is 380 g/mol. The highest BCUT2D eigenvalue weighted by atomic mass is 16.5. The molecule has 1 aromatic heterocycles. The lowest BCUT2D eigenvalue weighted by molar-refractivity contribution is 0.0413. The van der Waals surface area contributed by atoms with Crippen LogP contribution in [-0.4, -0.2) is 41.6 Å².